The van der Waals surface area contributed by atoms with Gasteiger partial charge in [0.25, 0.3) is 0 Å². The highest BCUT2D eigenvalue weighted by molar-refractivity contribution is 5.42. The lowest BCUT2D eigenvalue weighted by Gasteiger charge is -2.31. The van der Waals surface area contributed by atoms with Crippen molar-refractivity contribution >= 4 is 11.8 Å². The van der Waals surface area contributed by atoms with Crippen LogP contribution in [0.25, 0.3) is 0 Å². The Bertz CT molecular complexity index is 655. The van der Waals surface area contributed by atoms with E-state index in [0.717, 1.165) is 36.3 Å². The van der Waals surface area contributed by atoms with E-state index in [1.54, 1.807) is 7.11 Å². The molecule has 0 atom stereocenters. The maximum atomic E-state index is 5.70. The van der Waals surface area contributed by atoms with E-state index < -0.39 is 0 Å². The summed E-state index contributed by atoms with van der Waals surface area (Å²) in [6.07, 6.45) is 4.26. The molecule has 3 rings (SSSR count). The van der Waals surface area contributed by atoms with E-state index >= 15 is 0 Å². The van der Waals surface area contributed by atoms with Crippen molar-refractivity contribution in [2.45, 2.75) is 19.8 Å². The van der Waals surface area contributed by atoms with Crippen LogP contribution in [0, 0.1) is 5.92 Å². The zero-order valence-corrected chi connectivity index (χ0v) is 14.9. The predicted octanol–water partition coefficient (Wildman–Crippen LogP) is 3.21. The third-order valence-corrected chi connectivity index (χ3v) is 4.46. The van der Waals surface area contributed by atoms with Crippen molar-refractivity contribution < 1.29 is 9.47 Å². The van der Waals surface area contributed by atoms with Crippen molar-refractivity contribution in [1.82, 2.24) is 9.97 Å². The van der Waals surface area contributed by atoms with Gasteiger partial charge in [-0.05, 0) is 49.1 Å². The first-order valence-corrected chi connectivity index (χ1v) is 8.83. The summed E-state index contributed by atoms with van der Waals surface area (Å²) in [4.78, 5) is 11.2. The molecule has 0 aliphatic carbocycles. The second-order valence-corrected chi connectivity index (χ2v) is 6.36. The van der Waals surface area contributed by atoms with Crippen LogP contribution in [0.15, 0.2) is 36.5 Å². The number of hydrogen-bond donors (Lipinski definition) is 1. The van der Waals surface area contributed by atoms with E-state index in [0.29, 0.717) is 19.1 Å². The number of rotatable bonds is 7. The Morgan fingerprint density at radius 1 is 1.12 bits per heavy atom. The summed E-state index contributed by atoms with van der Waals surface area (Å²) in [5.41, 5.74) is 0. The van der Waals surface area contributed by atoms with Crippen LogP contribution >= 0.6 is 0 Å². The third kappa shape index (κ3) is 4.98. The molecule has 6 heteroatoms. The van der Waals surface area contributed by atoms with Crippen LogP contribution < -0.4 is 19.7 Å². The zero-order valence-electron chi connectivity index (χ0n) is 14.9. The van der Waals surface area contributed by atoms with E-state index in [1.165, 1.54) is 12.8 Å². The first kappa shape index (κ1) is 17.3. The summed E-state index contributed by atoms with van der Waals surface area (Å²) >= 11 is 0. The number of nitrogens with one attached hydrogen (secondary N) is 1. The minimum absolute atomic E-state index is 0.543. The number of aromatic nitrogens is 2. The molecule has 6 nitrogen and oxygen atoms in total. The van der Waals surface area contributed by atoms with Crippen LogP contribution in [0.3, 0.4) is 0 Å². The Hall–Kier alpha value is -2.50. The lowest BCUT2D eigenvalue weighted by atomic mass is 9.99. The molecule has 0 saturated carbocycles. The molecule has 1 fully saturated rings. The van der Waals surface area contributed by atoms with Gasteiger partial charge in [0.15, 0.2) is 0 Å². The van der Waals surface area contributed by atoms with Gasteiger partial charge in [0.1, 0.15) is 23.9 Å². The van der Waals surface area contributed by atoms with Gasteiger partial charge in [0.2, 0.25) is 5.95 Å². The Morgan fingerprint density at radius 3 is 2.56 bits per heavy atom. The Kier molecular flexibility index (Phi) is 5.93. The van der Waals surface area contributed by atoms with Gasteiger partial charge in [-0.25, -0.2) is 4.98 Å². The summed E-state index contributed by atoms with van der Waals surface area (Å²) in [5, 5.41) is 3.23. The van der Waals surface area contributed by atoms with Crippen molar-refractivity contribution in [3.63, 3.8) is 0 Å². The lowest BCUT2D eigenvalue weighted by Crippen LogP contribution is -2.33. The molecule has 0 amide bonds. The second-order valence-electron chi connectivity index (χ2n) is 6.36. The number of hydrogen-bond acceptors (Lipinski definition) is 6. The van der Waals surface area contributed by atoms with Crippen LogP contribution in [0.1, 0.15) is 19.8 Å². The maximum Gasteiger partial charge on any atom is 0.224 e. The molecule has 2 heterocycles. The molecule has 1 aliphatic heterocycles. The van der Waals surface area contributed by atoms with Gasteiger partial charge in [0.05, 0.1) is 13.7 Å². The number of methoxy groups -OCH3 is 1. The van der Waals surface area contributed by atoms with E-state index in [2.05, 4.69) is 27.1 Å². The van der Waals surface area contributed by atoms with E-state index in [9.17, 15) is 0 Å². The van der Waals surface area contributed by atoms with Gasteiger partial charge in [-0.2, -0.15) is 4.98 Å². The summed E-state index contributed by atoms with van der Waals surface area (Å²) in [6, 6.07) is 9.54. The topological polar surface area (TPSA) is 59.5 Å². The first-order valence-electron chi connectivity index (χ1n) is 8.83. The molecule has 25 heavy (non-hydrogen) atoms. The summed E-state index contributed by atoms with van der Waals surface area (Å²) in [6.45, 7) is 5.64. The largest absolute Gasteiger partial charge is 0.497 e. The Balaban J connectivity index is 1.45. The zero-order chi connectivity index (χ0) is 17.5. The van der Waals surface area contributed by atoms with E-state index in [1.807, 2.05) is 36.5 Å². The Morgan fingerprint density at radius 2 is 1.84 bits per heavy atom. The van der Waals surface area contributed by atoms with Crippen LogP contribution in [0.4, 0.5) is 11.8 Å². The summed E-state index contributed by atoms with van der Waals surface area (Å²) in [5.74, 6) is 4.10. The predicted molar refractivity (Wildman–Crippen MR) is 99.6 cm³/mol. The Labute approximate surface area is 149 Å². The maximum absolute atomic E-state index is 5.70. The molecular weight excluding hydrogens is 316 g/mol. The molecule has 1 aromatic carbocycles. The van der Waals surface area contributed by atoms with Gasteiger partial charge in [-0.3, -0.25) is 0 Å². The highest BCUT2D eigenvalue weighted by Crippen LogP contribution is 2.21. The standard InChI is InChI=1S/C19H26N4O2/c1-15-8-12-23(13-9-15)18-7-10-20-19(22-18)21-11-14-25-17-5-3-16(24-2)4-6-17/h3-7,10,15H,8-9,11-14H2,1-2H3,(H,20,21,22). The fraction of sp³-hybridized carbons (Fsp3) is 0.474. The number of anilines is 2. The summed E-state index contributed by atoms with van der Waals surface area (Å²) < 4.78 is 10.8. The van der Waals surface area contributed by atoms with E-state index in [4.69, 9.17) is 9.47 Å². The number of ether oxygens (including phenoxy) is 2. The third-order valence-electron chi connectivity index (χ3n) is 4.46. The molecule has 0 spiro atoms. The van der Waals surface area contributed by atoms with Crippen LogP contribution in [-0.2, 0) is 0 Å². The quantitative estimate of drug-likeness (QED) is 0.780. The molecule has 134 valence electrons. The summed E-state index contributed by atoms with van der Waals surface area (Å²) in [7, 11) is 1.65. The molecule has 1 aliphatic rings. The normalized spacial score (nSPS) is 15.0. The van der Waals surface area contributed by atoms with Crippen molar-refractivity contribution in [1.29, 1.82) is 0 Å². The molecule has 2 aromatic rings. The van der Waals surface area contributed by atoms with Gasteiger partial charge in [-0.15, -0.1) is 0 Å². The van der Waals surface area contributed by atoms with Gasteiger partial charge in [-0.1, -0.05) is 6.92 Å². The minimum Gasteiger partial charge on any atom is -0.497 e. The first-order chi connectivity index (χ1) is 12.2. The van der Waals surface area contributed by atoms with Gasteiger partial charge in [0, 0.05) is 19.3 Å². The highest BCUT2D eigenvalue weighted by Gasteiger charge is 2.17. The molecule has 1 saturated heterocycles. The molecule has 1 aromatic heterocycles. The molecule has 0 radical (unpaired) electrons. The van der Waals surface area contributed by atoms with Crippen LogP contribution in [0.2, 0.25) is 0 Å². The molecule has 1 N–H and O–H groups in total. The van der Waals surface area contributed by atoms with Crippen molar-refractivity contribution in [2.75, 3.05) is 43.6 Å². The number of piperidine rings is 1. The van der Waals surface area contributed by atoms with E-state index in [-0.39, 0.29) is 0 Å². The number of benzene rings is 1. The van der Waals surface area contributed by atoms with Crippen LogP contribution in [0.5, 0.6) is 11.5 Å². The average Bonchev–Trinajstić information content (AvgIpc) is 2.66. The fourth-order valence-corrected chi connectivity index (χ4v) is 2.85. The lowest BCUT2D eigenvalue weighted by molar-refractivity contribution is 0.331. The highest BCUT2D eigenvalue weighted by atomic mass is 16.5. The van der Waals surface area contributed by atoms with Crippen molar-refractivity contribution in [2.24, 2.45) is 5.92 Å². The molecule has 0 bridgehead atoms. The van der Waals surface area contributed by atoms with Crippen LogP contribution in [-0.4, -0.2) is 43.3 Å². The van der Waals surface area contributed by atoms with Crippen molar-refractivity contribution in [3.8, 4) is 11.5 Å². The van der Waals surface area contributed by atoms with Gasteiger partial charge < -0.3 is 19.7 Å². The smallest absolute Gasteiger partial charge is 0.224 e. The minimum atomic E-state index is 0.543. The molecule has 0 unspecified atom stereocenters. The SMILES string of the molecule is COc1ccc(OCCNc2nccc(N3CCC(C)CC3)n2)cc1. The molecular formula is C19H26N4O2. The number of nitrogens with zero attached hydrogens (tertiary/aromatic N) is 3. The second kappa shape index (κ2) is 8.55. The average molecular weight is 342 g/mol. The fourth-order valence-electron chi connectivity index (χ4n) is 2.85. The van der Waals surface area contributed by atoms with Gasteiger partial charge >= 0.3 is 0 Å². The van der Waals surface area contributed by atoms with Crippen molar-refractivity contribution in [3.05, 3.63) is 36.5 Å². The monoisotopic (exact) mass is 342 g/mol.